The zero-order valence-corrected chi connectivity index (χ0v) is 22.6. The maximum absolute atomic E-state index is 12.7. The van der Waals surface area contributed by atoms with Gasteiger partial charge in [-0.1, -0.05) is 45.3 Å². The molecule has 1 heterocycles. The van der Waals surface area contributed by atoms with Crippen molar-refractivity contribution < 1.29 is 24.2 Å². The third kappa shape index (κ3) is 7.05. The van der Waals surface area contributed by atoms with E-state index in [1.165, 1.54) is 19.3 Å². The van der Waals surface area contributed by atoms with E-state index in [-0.39, 0.29) is 17.0 Å². The first-order chi connectivity index (χ1) is 17.8. The van der Waals surface area contributed by atoms with Crippen LogP contribution in [-0.4, -0.2) is 28.7 Å². The number of rotatable bonds is 13. The summed E-state index contributed by atoms with van der Waals surface area (Å²) in [6, 6.07) is 8.23. The number of aliphatic hydroxyl groups is 1. The molecular weight excluding hydrogens is 488 g/mol. The fraction of sp³-hybridized carbons (Fsp3) is 0.400. The standard InChI is InChI=1S/C30H36O6S/c1-4-6-11-25(32)22(24-17-20(37)18-28-29(24)26(33)14-16-36-28)10-7-8-15-35-27-13-12-21(19(3)31)30(34)23(27)9-5-2/h7,10,12-14,16-18,22,25,32,34,37H,4-6,8-9,11,15H2,1-3H3/t22-,25+/m1/s1. The number of ketones is 1. The van der Waals surface area contributed by atoms with Crippen LogP contribution in [0.4, 0.5) is 0 Å². The molecule has 1 aromatic heterocycles. The topological polar surface area (TPSA) is 97.0 Å². The van der Waals surface area contributed by atoms with Gasteiger partial charge in [0.1, 0.15) is 17.1 Å². The maximum Gasteiger partial charge on any atom is 0.192 e. The predicted molar refractivity (Wildman–Crippen MR) is 149 cm³/mol. The fourth-order valence-corrected chi connectivity index (χ4v) is 4.79. The molecule has 0 aliphatic carbocycles. The molecule has 0 amide bonds. The highest BCUT2D eigenvalue weighted by atomic mass is 32.1. The molecule has 0 radical (unpaired) electrons. The van der Waals surface area contributed by atoms with Gasteiger partial charge < -0.3 is 19.4 Å². The molecule has 2 N–H and O–H groups in total. The summed E-state index contributed by atoms with van der Waals surface area (Å²) in [6.07, 6.45) is 8.90. The van der Waals surface area contributed by atoms with Crippen molar-refractivity contribution in [3.63, 3.8) is 0 Å². The first-order valence-electron chi connectivity index (χ1n) is 12.9. The van der Waals surface area contributed by atoms with Crippen LogP contribution < -0.4 is 10.2 Å². The first kappa shape index (κ1) is 28.5. The van der Waals surface area contributed by atoms with Crippen LogP contribution in [0.15, 0.2) is 62.9 Å². The lowest BCUT2D eigenvalue weighted by molar-refractivity contribution is 0.101. The molecule has 198 valence electrons. The van der Waals surface area contributed by atoms with Gasteiger partial charge in [0, 0.05) is 22.4 Å². The van der Waals surface area contributed by atoms with E-state index in [1.807, 2.05) is 25.1 Å². The molecule has 0 aliphatic heterocycles. The van der Waals surface area contributed by atoms with E-state index >= 15 is 0 Å². The SMILES string of the molecule is CCCC[C@H](O)[C@H](C=CCCOc1ccc(C(C)=O)c(O)c1CCC)c1cc(S)cc2occc(=O)c12. The molecule has 37 heavy (non-hydrogen) atoms. The lowest BCUT2D eigenvalue weighted by atomic mass is 9.87. The summed E-state index contributed by atoms with van der Waals surface area (Å²) in [5.41, 5.74) is 1.90. The van der Waals surface area contributed by atoms with Gasteiger partial charge >= 0.3 is 0 Å². The van der Waals surface area contributed by atoms with Crippen LogP contribution in [-0.2, 0) is 6.42 Å². The minimum atomic E-state index is -0.678. The number of thiol groups is 1. The minimum absolute atomic E-state index is 0.0150. The number of carbonyl (C=O) groups excluding carboxylic acids is 1. The highest BCUT2D eigenvalue weighted by Crippen LogP contribution is 2.34. The van der Waals surface area contributed by atoms with Gasteiger partial charge in [-0.2, -0.15) is 0 Å². The van der Waals surface area contributed by atoms with Crippen LogP contribution >= 0.6 is 12.6 Å². The quantitative estimate of drug-likeness (QED) is 0.101. The van der Waals surface area contributed by atoms with Gasteiger partial charge in [-0.15, -0.1) is 12.6 Å². The number of aliphatic hydroxyl groups excluding tert-OH is 1. The number of hydrogen-bond donors (Lipinski definition) is 3. The molecule has 7 heteroatoms. The maximum atomic E-state index is 12.7. The van der Waals surface area contributed by atoms with Crippen LogP contribution in [0.3, 0.4) is 0 Å². The Morgan fingerprint density at radius 1 is 1.19 bits per heavy atom. The molecule has 2 aromatic carbocycles. The van der Waals surface area contributed by atoms with Crippen molar-refractivity contribution in [2.45, 2.75) is 76.2 Å². The molecule has 3 aromatic rings. The third-order valence-corrected chi connectivity index (χ3v) is 6.67. The Balaban J connectivity index is 1.83. The molecule has 0 bridgehead atoms. The van der Waals surface area contributed by atoms with E-state index in [0.29, 0.717) is 64.2 Å². The second-order valence-electron chi connectivity index (χ2n) is 9.24. The largest absolute Gasteiger partial charge is 0.507 e. The minimum Gasteiger partial charge on any atom is -0.507 e. The molecule has 6 nitrogen and oxygen atoms in total. The summed E-state index contributed by atoms with van der Waals surface area (Å²) in [7, 11) is 0. The zero-order chi connectivity index (χ0) is 26.9. The lowest BCUT2D eigenvalue weighted by Gasteiger charge is -2.22. The van der Waals surface area contributed by atoms with E-state index in [4.69, 9.17) is 9.15 Å². The second-order valence-corrected chi connectivity index (χ2v) is 9.75. The van der Waals surface area contributed by atoms with Crippen molar-refractivity contribution in [1.29, 1.82) is 0 Å². The van der Waals surface area contributed by atoms with Crippen molar-refractivity contribution in [3.8, 4) is 11.5 Å². The zero-order valence-electron chi connectivity index (χ0n) is 21.7. The van der Waals surface area contributed by atoms with Gasteiger partial charge in [-0.05, 0) is 56.0 Å². The average molecular weight is 525 g/mol. The van der Waals surface area contributed by atoms with Gasteiger partial charge in [0.05, 0.1) is 29.9 Å². The summed E-state index contributed by atoms with van der Waals surface area (Å²) in [6.45, 7) is 5.85. The Morgan fingerprint density at radius 3 is 2.68 bits per heavy atom. The Hall–Kier alpha value is -3.03. The predicted octanol–water partition coefficient (Wildman–Crippen LogP) is 6.60. The number of phenols is 1. The normalized spacial score (nSPS) is 13.2. The molecule has 0 spiro atoms. The number of benzene rings is 2. The van der Waals surface area contributed by atoms with E-state index in [0.717, 1.165) is 19.3 Å². The highest BCUT2D eigenvalue weighted by Gasteiger charge is 2.23. The Bertz CT molecular complexity index is 1310. The van der Waals surface area contributed by atoms with Crippen molar-refractivity contribution in [3.05, 3.63) is 75.7 Å². The van der Waals surface area contributed by atoms with E-state index in [1.54, 1.807) is 18.2 Å². The van der Waals surface area contributed by atoms with Crippen molar-refractivity contribution in [1.82, 2.24) is 0 Å². The third-order valence-electron chi connectivity index (χ3n) is 6.41. The van der Waals surface area contributed by atoms with Gasteiger partial charge in [-0.3, -0.25) is 9.59 Å². The molecular formula is C30H36O6S. The molecule has 3 rings (SSSR count). The molecule has 0 saturated carbocycles. The summed E-state index contributed by atoms with van der Waals surface area (Å²) in [5, 5.41) is 22.1. The number of ether oxygens (including phenoxy) is 1. The Kier molecular flexibility index (Phi) is 10.4. The van der Waals surface area contributed by atoms with Crippen LogP contribution in [0.25, 0.3) is 11.0 Å². The number of aromatic hydroxyl groups is 1. The smallest absolute Gasteiger partial charge is 0.192 e. The molecule has 0 unspecified atom stereocenters. The van der Waals surface area contributed by atoms with Gasteiger partial charge in [0.2, 0.25) is 0 Å². The highest BCUT2D eigenvalue weighted by molar-refractivity contribution is 7.80. The van der Waals surface area contributed by atoms with E-state index < -0.39 is 12.0 Å². The van der Waals surface area contributed by atoms with Crippen LogP contribution in [0.1, 0.15) is 80.3 Å². The molecule has 0 aliphatic rings. The Labute approximate surface area is 223 Å². The molecule has 0 saturated heterocycles. The monoisotopic (exact) mass is 524 g/mol. The van der Waals surface area contributed by atoms with E-state index in [9.17, 15) is 19.8 Å². The van der Waals surface area contributed by atoms with Crippen molar-refractivity contribution >= 4 is 29.4 Å². The number of hydrogen-bond acceptors (Lipinski definition) is 7. The average Bonchev–Trinajstić information content (AvgIpc) is 2.86. The second kappa shape index (κ2) is 13.5. The van der Waals surface area contributed by atoms with E-state index in [2.05, 4.69) is 19.6 Å². The van der Waals surface area contributed by atoms with Gasteiger partial charge in [0.15, 0.2) is 11.2 Å². The molecule has 2 atom stereocenters. The summed E-state index contributed by atoms with van der Waals surface area (Å²) in [5.74, 6) is -0.0626. The number of carbonyl (C=O) groups is 1. The van der Waals surface area contributed by atoms with Crippen molar-refractivity contribution in [2.75, 3.05) is 6.61 Å². The van der Waals surface area contributed by atoms with Crippen LogP contribution in [0, 0.1) is 0 Å². The van der Waals surface area contributed by atoms with Crippen molar-refractivity contribution in [2.24, 2.45) is 0 Å². The number of phenolic OH excluding ortho intramolecular Hbond substituents is 1. The summed E-state index contributed by atoms with van der Waals surface area (Å²) in [4.78, 5) is 25.2. The first-order valence-corrected chi connectivity index (χ1v) is 13.3. The van der Waals surface area contributed by atoms with Crippen LogP contribution in [0.2, 0.25) is 0 Å². The number of Topliss-reactive ketones (excluding diaryl/α,β-unsaturated/α-hetero) is 1. The summed E-state index contributed by atoms with van der Waals surface area (Å²) >= 11 is 4.49. The van der Waals surface area contributed by atoms with Crippen LogP contribution in [0.5, 0.6) is 11.5 Å². The summed E-state index contributed by atoms with van der Waals surface area (Å²) < 4.78 is 11.5. The lowest BCUT2D eigenvalue weighted by Crippen LogP contribution is -2.19. The fourth-order valence-electron chi connectivity index (χ4n) is 4.53. The number of fused-ring (bicyclic) bond motifs is 1. The van der Waals surface area contributed by atoms with Gasteiger partial charge in [-0.25, -0.2) is 0 Å². The molecule has 0 fully saturated rings. The Morgan fingerprint density at radius 2 is 1.97 bits per heavy atom. The number of unbranched alkanes of at least 4 members (excludes halogenated alkanes) is 1. The van der Waals surface area contributed by atoms with Gasteiger partial charge in [0.25, 0.3) is 0 Å².